The summed E-state index contributed by atoms with van der Waals surface area (Å²) in [6.45, 7) is 2.03. The van der Waals surface area contributed by atoms with Crippen LogP contribution >= 0.6 is 0 Å². The lowest BCUT2D eigenvalue weighted by Crippen LogP contribution is -2.31. The molecule has 3 aromatic rings. The van der Waals surface area contributed by atoms with Gasteiger partial charge in [0.15, 0.2) is 0 Å². The van der Waals surface area contributed by atoms with Gasteiger partial charge < -0.3 is 5.32 Å². The molecule has 0 aliphatic heterocycles. The lowest BCUT2D eigenvalue weighted by atomic mass is 10.1. The fourth-order valence-corrected chi connectivity index (χ4v) is 2.82. The van der Waals surface area contributed by atoms with E-state index in [0.717, 1.165) is 24.1 Å². The van der Waals surface area contributed by atoms with Gasteiger partial charge >= 0.3 is 0 Å². The van der Waals surface area contributed by atoms with Crippen molar-refractivity contribution in [1.29, 1.82) is 0 Å². The highest BCUT2D eigenvalue weighted by Gasteiger charge is 2.34. The van der Waals surface area contributed by atoms with Crippen molar-refractivity contribution in [2.75, 3.05) is 0 Å². The first kappa shape index (κ1) is 15.4. The van der Waals surface area contributed by atoms with E-state index >= 15 is 0 Å². The first-order valence-corrected chi connectivity index (χ1v) is 8.26. The smallest absolute Gasteiger partial charge is 0.270 e. The zero-order valence-electron chi connectivity index (χ0n) is 13.8. The van der Waals surface area contributed by atoms with Crippen LogP contribution in [0.4, 0.5) is 0 Å². The van der Waals surface area contributed by atoms with Crippen molar-refractivity contribution in [2.45, 2.75) is 25.8 Å². The fraction of sp³-hybridized carbons (Fsp3) is 0.278. The van der Waals surface area contributed by atoms with E-state index in [-0.39, 0.29) is 11.9 Å². The molecule has 0 aromatic carbocycles. The molecular weight excluding hydrogens is 316 g/mol. The topological polar surface area (TPSA) is 85.6 Å². The van der Waals surface area contributed by atoms with Gasteiger partial charge in [0.25, 0.3) is 5.91 Å². The van der Waals surface area contributed by atoms with Gasteiger partial charge in [0.2, 0.25) is 0 Å². The summed E-state index contributed by atoms with van der Waals surface area (Å²) in [5.74, 6) is 0.851. The van der Waals surface area contributed by atoms with Gasteiger partial charge in [-0.15, -0.1) is 10.2 Å². The quantitative estimate of drug-likeness (QED) is 0.773. The molecule has 1 atom stereocenters. The first-order chi connectivity index (χ1) is 12.2. The van der Waals surface area contributed by atoms with Gasteiger partial charge in [-0.3, -0.25) is 14.3 Å². The number of pyridine rings is 2. The molecule has 0 bridgehead atoms. The minimum atomic E-state index is -0.199. The minimum absolute atomic E-state index is 0.0761. The van der Waals surface area contributed by atoms with E-state index in [4.69, 9.17) is 0 Å². The number of aryl methyl sites for hydroxylation is 1. The van der Waals surface area contributed by atoms with Crippen LogP contribution in [0.15, 0.2) is 49.2 Å². The SMILES string of the molecule is Cc1ccnc(C(NC(=O)c2cccc(-n3cnnc3)n2)C2CC2)c1. The van der Waals surface area contributed by atoms with E-state index in [1.165, 1.54) is 0 Å². The summed E-state index contributed by atoms with van der Waals surface area (Å²) in [6.07, 6.45) is 7.10. The van der Waals surface area contributed by atoms with Crippen LogP contribution in [-0.2, 0) is 0 Å². The molecule has 1 aliphatic rings. The molecule has 0 radical (unpaired) electrons. The summed E-state index contributed by atoms with van der Waals surface area (Å²) < 4.78 is 1.66. The molecule has 0 spiro atoms. The van der Waals surface area contributed by atoms with Crippen molar-refractivity contribution in [3.05, 3.63) is 66.1 Å². The van der Waals surface area contributed by atoms with Crippen LogP contribution in [-0.4, -0.2) is 30.6 Å². The second kappa shape index (κ2) is 6.43. The van der Waals surface area contributed by atoms with Crippen molar-refractivity contribution in [3.63, 3.8) is 0 Å². The Hall–Kier alpha value is -3.09. The normalized spacial score (nSPS) is 14.9. The van der Waals surface area contributed by atoms with Gasteiger partial charge in [-0.25, -0.2) is 4.98 Å². The van der Waals surface area contributed by atoms with Gasteiger partial charge in [-0.1, -0.05) is 6.07 Å². The highest BCUT2D eigenvalue weighted by Crippen LogP contribution is 2.40. The highest BCUT2D eigenvalue weighted by atomic mass is 16.2. The van der Waals surface area contributed by atoms with Crippen LogP contribution in [0.3, 0.4) is 0 Å². The Morgan fingerprint density at radius 3 is 2.76 bits per heavy atom. The summed E-state index contributed by atoms with van der Waals surface area (Å²) in [6, 6.07) is 9.22. The summed E-state index contributed by atoms with van der Waals surface area (Å²) >= 11 is 0. The standard InChI is InChI=1S/C18H18N6O/c1-12-7-8-19-15(9-12)17(13-5-6-13)23-18(25)14-3-2-4-16(22-14)24-10-20-21-11-24/h2-4,7-11,13,17H,5-6H2,1H3,(H,23,25). The third kappa shape index (κ3) is 3.40. The Bertz CT molecular complexity index is 888. The molecule has 3 heterocycles. The predicted molar refractivity (Wildman–Crippen MR) is 91.1 cm³/mol. The van der Waals surface area contributed by atoms with Crippen molar-refractivity contribution in [2.24, 2.45) is 5.92 Å². The van der Waals surface area contributed by atoms with E-state index in [0.29, 0.717) is 17.4 Å². The third-order valence-corrected chi connectivity index (χ3v) is 4.29. The van der Waals surface area contributed by atoms with Crippen LogP contribution in [0.25, 0.3) is 5.82 Å². The molecule has 1 amide bonds. The molecule has 7 nitrogen and oxygen atoms in total. The number of aromatic nitrogens is 5. The van der Waals surface area contributed by atoms with Crippen molar-refractivity contribution in [1.82, 2.24) is 30.0 Å². The molecule has 1 unspecified atom stereocenters. The Morgan fingerprint density at radius 1 is 1.24 bits per heavy atom. The summed E-state index contributed by atoms with van der Waals surface area (Å²) in [7, 11) is 0. The number of hydrogen-bond acceptors (Lipinski definition) is 5. The molecule has 1 fully saturated rings. The third-order valence-electron chi connectivity index (χ3n) is 4.29. The van der Waals surface area contributed by atoms with E-state index in [1.54, 1.807) is 41.6 Å². The highest BCUT2D eigenvalue weighted by molar-refractivity contribution is 5.92. The maximum Gasteiger partial charge on any atom is 0.270 e. The Morgan fingerprint density at radius 2 is 2.04 bits per heavy atom. The number of nitrogens with one attached hydrogen (secondary N) is 1. The maximum absolute atomic E-state index is 12.7. The average molecular weight is 334 g/mol. The second-order valence-electron chi connectivity index (χ2n) is 6.30. The molecule has 7 heteroatoms. The Kier molecular flexibility index (Phi) is 3.97. The molecule has 126 valence electrons. The van der Waals surface area contributed by atoms with Crippen molar-refractivity contribution in [3.8, 4) is 5.82 Å². The fourth-order valence-electron chi connectivity index (χ4n) is 2.82. The molecule has 3 aromatic heterocycles. The van der Waals surface area contributed by atoms with E-state index in [9.17, 15) is 4.79 Å². The lowest BCUT2D eigenvalue weighted by molar-refractivity contribution is 0.0925. The summed E-state index contributed by atoms with van der Waals surface area (Å²) in [5, 5.41) is 10.6. The van der Waals surface area contributed by atoms with Gasteiger partial charge in [-0.2, -0.15) is 0 Å². The monoisotopic (exact) mass is 334 g/mol. The van der Waals surface area contributed by atoms with Gasteiger partial charge in [0.05, 0.1) is 11.7 Å². The van der Waals surface area contributed by atoms with Crippen molar-refractivity contribution < 1.29 is 4.79 Å². The zero-order valence-corrected chi connectivity index (χ0v) is 13.8. The van der Waals surface area contributed by atoms with Crippen LogP contribution in [0.1, 0.15) is 40.6 Å². The lowest BCUT2D eigenvalue weighted by Gasteiger charge is -2.18. The maximum atomic E-state index is 12.7. The van der Waals surface area contributed by atoms with Gasteiger partial charge in [0.1, 0.15) is 24.2 Å². The van der Waals surface area contributed by atoms with Gasteiger partial charge in [-0.05, 0) is 55.5 Å². The number of hydrogen-bond donors (Lipinski definition) is 1. The van der Waals surface area contributed by atoms with Crippen molar-refractivity contribution >= 4 is 5.91 Å². The largest absolute Gasteiger partial charge is 0.342 e. The zero-order chi connectivity index (χ0) is 17.2. The van der Waals surface area contributed by atoms with E-state index in [1.807, 2.05) is 19.1 Å². The molecule has 1 aliphatic carbocycles. The molecule has 1 saturated carbocycles. The first-order valence-electron chi connectivity index (χ1n) is 8.26. The van der Waals surface area contributed by atoms with E-state index in [2.05, 4.69) is 25.5 Å². The number of carbonyl (C=O) groups is 1. The second-order valence-corrected chi connectivity index (χ2v) is 6.30. The van der Waals surface area contributed by atoms with Crippen LogP contribution in [0.5, 0.6) is 0 Å². The minimum Gasteiger partial charge on any atom is -0.342 e. The molecule has 4 rings (SSSR count). The average Bonchev–Trinajstić information content (AvgIpc) is 3.32. The Balaban J connectivity index is 1.57. The Labute approximate surface area is 145 Å². The van der Waals surface area contributed by atoms with Crippen LogP contribution in [0.2, 0.25) is 0 Å². The van der Waals surface area contributed by atoms with E-state index < -0.39 is 0 Å². The molecule has 0 saturated heterocycles. The molecule has 25 heavy (non-hydrogen) atoms. The predicted octanol–water partition coefficient (Wildman–Crippen LogP) is 2.25. The summed E-state index contributed by atoms with van der Waals surface area (Å²) in [4.78, 5) is 21.6. The van der Waals surface area contributed by atoms with Gasteiger partial charge in [0, 0.05) is 6.20 Å². The molecule has 1 N–H and O–H groups in total. The van der Waals surface area contributed by atoms with Crippen LogP contribution in [0, 0.1) is 12.8 Å². The number of carbonyl (C=O) groups excluding carboxylic acids is 1. The number of rotatable bonds is 5. The van der Waals surface area contributed by atoms with Crippen LogP contribution < -0.4 is 5.32 Å². The summed E-state index contributed by atoms with van der Waals surface area (Å²) in [5.41, 5.74) is 2.41. The number of amides is 1. The number of nitrogens with zero attached hydrogens (tertiary/aromatic N) is 5. The molecular formula is C18H18N6O.